The van der Waals surface area contributed by atoms with Crippen LogP contribution in [-0.4, -0.2) is 7.63 Å². The molecule has 3 aromatic carbocycles. The van der Waals surface area contributed by atoms with Crippen molar-refractivity contribution in [1.82, 2.24) is 0 Å². The summed E-state index contributed by atoms with van der Waals surface area (Å²) in [5, 5.41) is 2.84. The van der Waals surface area contributed by atoms with E-state index in [9.17, 15) is 0 Å². The third kappa shape index (κ3) is 6.20. The first kappa shape index (κ1) is 38.1. The number of halogens is 2. The summed E-state index contributed by atoms with van der Waals surface area (Å²) in [6, 6.07) is 22.3. The first-order valence-corrected chi connectivity index (χ1v) is 25.3. The van der Waals surface area contributed by atoms with Gasteiger partial charge in [0.15, 0.2) is 0 Å². The molecule has 0 saturated carbocycles. The maximum Gasteiger partial charge on any atom is -0.147 e. The van der Waals surface area contributed by atoms with Crippen molar-refractivity contribution >= 4 is 48.5 Å². The fourth-order valence-corrected chi connectivity index (χ4v) is 24.6. The molecule has 5 rings (SSSR count). The van der Waals surface area contributed by atoms with Gasteiger partial charge in [-0.05, 0) is 0 Å². The van der Waals surface area contributed by atoms with Crippen LogP contribution in [0.25, 0.3) is 12.2 Å². The molecule has 0 N–H and O–H groups in total. The van der Waals surface area contributed by atoms with Crippen LogP contribution in [-0.2, 0) is 14.0 Å². The van der Waals surface area contributed by atoms with Gasteiger partial charge in [-0.25, -0.2) is 0 Å². The van der Waals surface area contributed by atoms with Gasteiger partial charge < -0.3 is 0 Å². The van der Waals surface area contributed by atoms with Crippen LogP contribution in [0.3, 0.4) is 0 Å². The van der Waals surface area contributed by atoms with Gasteiger partial charge >= 0.3 is 267 Å². The van der Waals surface area contributed by atoms with E-state index in [0.29, 0.717) is 32.1 Å². The fourth-order valence-electron chi connectivity index (χ4n) is 8.74. The summed E-state index contributed by atoms with van der Waals surface area (Å²) in [4.78, 5) is 0. The van der Waals surface area contributed by atoms with E-state index in [1.54, 1.807) is 48.4 Å². The van der Waals surface area contributed by atoms with Crippen LogP contribution in [0.2, 0.25) is 5.23 Å². The number of allylic oxidation sites excluding steroid dienone is 2. The standard InChI is InChI=1S/2C17H23.C6H5.CH3.2ClH.H2Si.Ti/c2*1-6-13-7-15-9-14(11(2)3)10-16(12(4)5)17(15)8-13;1-2-4-6-5-3-1;;;;;/h2*7-12H,6H2,1-5H3;1-5H;1H3;2*1H;1H2;. The van der Waals surface area contributed by atoms with E-state index in [-0.39, 0.29) is 24.8 Å². The Morgan fingerprint density at radius 1 is 0.600 bits per heavy atom. The van der Waals surface area contributed by atoms with Gasteiger partial charge in [-0.1, -0.05) is 0 Å². The summed E-state index contributed by atoms with van der Waals surface area (Å²) < 4.78 is 2.60. The normalized spacial score (nSPS) is 17.7. The molecule has 244 valence electrons. The molecule has 45 heavy (non-hydrogen) atoms. The molecule has 0 aromatic heterocycles. The van der Waals surface area contributed by atoms with E-state index in [0.717, 1.165) is 12.8 Å². The molecule has 0 aliphatic heterocycles. The molecular formula is C41H58Cl2SiTi. The van der Waals surface area contributed by atoms with Crippen molar-refractivity contribution < 1.29 is 14.0 Å². The zero-order chi connectivity index (χ0) is 31.5. The van der Waals surface area contributed by atoms with E-state index in [4.69, 9.17) is 0 Å². The molecule has 0 saturated heterocycles. The minimum atomic E-state index is -3.82. The summed E-state index contributed by atoms with van der Waals surface area (Å²) in [5.74, 6) is 2.04. The number of hydrogen-bond donors (Lipinski definition) is 0. The predicted octanol–water partition coefficient (Wildman–Crippen LogP) is 12.0. The summed E-state index contributed by atoms with van der Waals surface area (Å²) in [5.41, 5.74) is 15.8. The molecular weight excluding hydrogens is 639 g/mol. The monoisotopic (exact) mass is 696 g/mol. The molecule has 4 heteroatoms. The number of benzene rings is 3. The summed E-state index contributed by atoms with van der Waals surface area (Å²) in [6.07, 6.45) is 7.52. The van der Waals surface area contributed by atoms with Crippen molar-refractivity contribution in [2.24, 2.45) is 0 Å². The topological polar surface area (TPSA) is 0 Å². The zero-order valence-electron chi connectivity index (χ0n) is 29.8. The number of fused-ring (bicyclic) bond motifs is 2. The quantitative estimate of drug-likeness (QED) is 0.195. The average Bonchev–Trinajstić information content (AvgIpc) is 3.56. The first-order valence-electron chi connectivity index (χ1n) is 17.1. The Bertz CT molecular complexity index is 1580. The van der Waals surface area contributed by atoms with E-state index < -0.39 is 14.0 Å². The average molecular weight is 698 g/mol. The van der Waals surface area contributed by atoms with Gasteiger partial charge in [0.2, 0.25) is 0 Å². The SMILES string of the molecule is CCC1=Cc2c(C(C)C)cc(C(C)C)cc2[CH]1[Ti]([CH3])(=[SiH2])([c]1ccccc1)[CH]1C(CC)=Cc2c(C(C)C)cc(C(C)C)cc21.Cl.Cl. The van der Waals surface area contributed by atoms with Crippen LogP contribution in [0, 0.1) is 0 Å². The smallest absolute Gasteiger partial charge is 0.147 e. The Balaban J connectivity index is 0.00000276. The van der Waals surface area contributed by atoms with Gasteiger partial charge in [0, 0.05) is 0 Å². The summed E-state index contributed by atoms with van der Waals surface area (Å²) >= 11 is -3.82. The van der Waals surface area contributed by atoms with Crippen LogP contribution < -0.4 is 3.87 Å². The fraction of sp³-hybridized carbons (Fsp3) is 0.463. The van der Waals surface area contributed by atoms with Crippen LogP contribution in [0.4, 0.5) is 0 Å². The summed E-state index contributed by atoms with van der Waals surface area (Å²) in [7, 11) is 2.50. The molecule has 0 radical (unpaired) electrons. The van der Waals surface area contributed by atoms with Crippen molar-refractivity contribution in [2.45, 2.75) is 119 Å². The van der Waals surface area contributed by atoms with Crippen molar-refractivity contribution in [1.29, 1.82) is 0 Å². The van der Waals surface area contributed by atoms with Crippen molar-refractivity contribution in [3.8, 4) is 0 Å². The molecule has 0 fully saturated rings. The number of hydrogen-bond acceptors (Lipinski definition) is 0. The second kappa shape index (κ2) is 14.0. The maximum absolute atomic E-state index is 3.82. The number of rotatable bonds is 9. The van der Waals surface area contributed by atoms with Gasteiger partial charge in [-0.3, -0.25) is 0 Å². The Morgan fingerprint density at radius 2 is 0.978 bits per heavy atom. The molecule has 3 aromatic rings. The second-order valence-corrected chi connectivity index (χ2v) is 32.8. The van der Waals surface area contributed by atoms with Crippen LogP contribution in [0.5, 0.6) is 0 Å². The van der Waals surface area contributed by atoms with Gasteiger partial charge in [0.25, 0.3) is 0 Å². The first-order chi connectivity index (χ1) is 20.2. The minimum Gasteiger partial charge on any atom is -0.147 e. The van der Waals surface area contributed by atoms with Crippen molar-refractivity contribution in [2.75, 3.05) is 0 Å². The maximum atomic E-state index is 2.84. The van der Waals surface area contributed by atoms with Gasteiger partial charge in [-0.15, -0.1) is 24.8 Å². The van der Waals surface area contributed by atoms with Crippen LogP contribution in [0.1, 0.15) is 159 Å². The third-order valence-electron chi connectivity index (χ3n) is 11.2. The summed E-state index contributed by atoms with van der Waals surface area (Å²) in [6.45, 7) is 23.9. The van der Waals surface area contributed by atoms with E-state index >= 15 is 0 Å². The third-order valence-corrected chi connectivity index (χ3v) is 26.5. The predicted molar refractivity (Wildman–Crippen MR) is 206 cm³/mol. The molecule has 2 atom stereocenters. The van der Waals surface area contributed by atoms with Gasteiger partial charge in [0.1, 0.15) is 0 Å². The zero-order valence-corrected chi connectivity index (χ0v) is 34.4. The van der Waals surface area contributed by atoms with Crippen molar-refractivity contribution in [3.63, 3.8) is 0 Å². The molecule has 0 bridgehead atoms. The molecule has 2 aliphatic carbocycles. The molecule has 2 unspecified atom stereocenters. The Labute approximate surface area is 290 Å². The second-order valence-electron chi connectivity index (χ2n) is 15.4. The molecule has 2 aliphatic rings. The van der Waals surface area contributed by atoms with Gasteiger partial charge in [-0.2, -0.15) is 0 Å². The molecule has 0 amide bonds. The van der Waals surface area contributed by atoms with E-state index in [1.165, 1.54) is 11.1 Å². The van der Waals surface area contributed by atoms with Gasteiger partial charge in [0.05, 0.1) is 0 Å². The van der Waals surface area contributed by atoms with E-state index in [2.05, 4.69) is 149 Å². The van der Waals surface area contributed by atoms with Crippen LogP contribution >= 0.6 is 24.8 Å². The molecule has 0 nitrogen and oxygen atoms in total. The Kier molecular flexibility index (Phi) is 11.9. The van der Waals surface area contributed by atoms with Crippen molar-refractivity contribution in [3.05, 3.63) is 110 Å². The Morgan fingerprint density at radius 3 is 1.29 bits per heavy atom. The largest absolute Gasteiger partial charge is 0.147 e. The van der Waals surface area contributed by atoms with Crippen LogP contribution in [0.15, 0.2) is 65.7 Å². The molecule has 0 heterocycles. The Hall–Kier alpha value is -1.35. The minimum absolute atomic E-state index is 0. The van der Waals surface area contributed by atoms with E-state index in [1.807, 2.05) is 0 Å². The molecule has 0 spiro atoms.